The number of hydrogen-bond donors (Lipinski definition) is 2. The van der Waals surface area contributed by atoms with Crippen LogP contribution in [-0.4, -0.2) is 10.9 Å². The first kappa shape index (κ1) is 13.1. The average Bonchev–Trinajstić information content (AvgIpc) is 2.50. The van der Waals surface area contributed by atoms with Crippen LogP contribution in [-0.2, 0) is 0 Å². The van der Waals surface area contributed by atoms with Crippen molar-refractivity contribution in [2.75, 3.05) is 11.1 Å². The Balaban J connectivity index is 1.95. The number of carbonyl (C=O) groups excluding carboxylic acids is 1. The Kier molecular flexibility index (Phi) is 3.28. The lowest BCUT2D eigenvalue weighted by Crippen LogP contribution is -2.12. The van der Waals surface area contributed by atoms with E-state index in [-0.39, 0.29) is 5.91 Å². The SMILES string of the molecule is Cc1ccc(NC(=O)c2cccc3ncccc23)cc1N. The molecule has 1 aromatic heterocycles. The Morgan fingerprint density at radius 3 is 2.81 bits per heavy atom. The van der Waals surface area contributed by atoms with E-state index >= 15 is 0 Å². The maximum Gasteiger partial charge on any atom is 0.256 e. The Labute approximate surface area is 122 Å². The van der Waals surface area contributed by atoms with Gasteiger partial charge < -0.3 is 11.1 Å². The first-order chi connectivity index (χ1) is 10.1. The minimum Gasteiger partial charge on any atom is -0.398 e. The Bertz CT molecular complexity index is 822. The first-order valence-corrected chi connectivity index (χ1v) is 6.66. The molecule has 0 radical (unpaired) electrons. The number of aryl methyl sites for hydroxylation is 1. The van der Waals surface area contributed by atoms with E-state index in [4.69, 9.17) is 5.73 Å². The molecule has 4 heteroatoms. The van der Waals surface area contributed by atoms with Gasteiger partial charge in [-0.05, 0) is 42.8 Å². The maximum absolute atomic E-state index is 12.4. The summed E-state index contributed by atoms with van der Waals surface area (Å²) in [5.41, 5.74) is 9.59. The Hall–Kier alpha value is -2.88. The minimum absolute atomic E-state index is 0.170. The summed E-state index contributed by atoms with van der Waals surface area (Å²) in [7, 11) is 0. The number of carbonyl (C=O) groups is 1. The Morgan fingerprint density at radius 2 is 2.00 bits per heavy atom. The monoisotopic (exact) mass is 277 g/mol. The van der Waals surface area contributed by atoms with E-state index in [1.165, 1.54) is 0 Å². The number of nitrogens with one attached hydrogen (secondary N) is 1. The molecule has 0 aliphatic rings. The number of aromatic nitrogens is 1. The summed E-state index contributed by atoms with van der Waals surface area (Å²) in [6.45, 7) is 1.93. The van der Waals surface area contributed by atoms with Crippen molar-refractivity contribution in [2.45, 2.75) is 6.92 Å². The molecule has 1 heterocycles. The number of anilines is 2. The third-order valence-corrected chi connectivity index (χ3v) is 3.43. The topological polar surface area (TPSA) is 68.0 Å². The zero-order chi connectivity index (χ0) is 14.8. The highest BCUT2D eigenvalue weighted by molar-refractivity contribution is 6.12. The van der Waals surface area contributed by atoms with E-state index in [2.05, 4.69) is 10.3 Å². The summed E-state index contributed by atoms with van der Waals surface area (Å²) in [6, 6.07) is 14.7. The number of nitrogens with two attached hydrogens (primary N) is 1. The number of pyridine rings is 1. The second-order valence-corrected chi connectivity index (χ2v) is 4.90. The molecule has 0 fully saturated rings. The van der Waals surface area contributed by atoms with Crippen molar-refractivity contribution in [2.24, 2.45) is 0 Å². The van der Waals surface area contributed by atoms with E-state index in [1.807, 2.05) is 43.3 Å². The summed E-state index contributed by atoms with van der Waals surface area (Å²) in [6.07, 6.45) is 1.71. The van der Waals surface area contributed by atoms with E-state index in [0.717, 1.165) is 16.5 Å². The molecule has 4 nitrogen and oxygen atoms in total. The number of nitrogen functional groups attached to an aromatic ring is 1. The fourth-order valence-corrected chi connectivity index (χ4v) is 2.22. The normalized spacial score (nSPS) is 10.5. The van der Waals surface area contributed by atoms with E-state index in [9.17, 15) is 4.79 Å². The van der Waals surface area contributed by atoms with Crippen molar-refractivity contribution < 1.29 is 4.79 Å². The molecule has 0 atom stereocenters. The lowest BCUT2D eigenvalue weighted by molar-refractivity contribution is 0.102. The zero-order valence-electron chi connectivity index (χ0n) is 11.6. The highest BCUT2D eigenvalue weighted by Gasteiger charge is 2.10. The molecule has 0 aliphatic heterocycles. The van der Waals surface area contributed by atoms with Gasteiger partial charge in [0.2, 0.25) is 0 Å². The van der Waals surface area contributed by atoms with Crippen LogP contribution in [0.3, 0.4) is 0 Å². The van der Waals surface area contributed by atoms with Crippen molar-refractivity contribution in [3.8, 4) is 0 Å². The molecule has 3 aromatic rings. The second kappa shape index (κ2) is 5.25. The molecule has 1 amide bonds. The van der Waals surface area contributed by atoms with Crippen LogP contribution in [0.4, 0.5) is 11.4 Å². The molecular weight excluding hydrogens is 262 g/mol. The molecule has 104 valence electrons. The molecule has 0 saturated heterocycles. The molecular formula is C17H15N3O. The quantitative estimate of drug-likeness (QED) is 0.706. The highest BCUT2D eigenvalue weighted by atomic mass is 16.1. The van der Waals surface area contributed by atoms with Gasteiger partial charge in [-0.15, -0.1) is 0 Å². The van der Waals surface area contributed by atoms with Gasteiger partial charge in [-0.3, -0.25) is 9.78 Å². The van der Waals surface area contributed by atoms with E-state index < -0.39 is 0 Å². The molecule has 0 bridgehead atoms. The first-order valence-electron chi connectivity index (χ1n) is 6.66. The molecule has 0 unspecified atom stereocenters. The van der Waals surface area contributed by atoms with Crippen LogP contribution in [0, 0.1) is 6.92 Å². The van der Waals surface area contributed by atoms with Crippen LogP contribution in [0.15, 0.2) is 54.7 Å². The Morgan fingerprint density at radius 1 is 1.14 bits per heavy atom. The molecule has 3 N–H and O–H groups in total. The predicted octanol–water partition coefficient (Wildman–Crippen LogP) is 3.38. The van der Waals surface area contributed by atoms with Gasteiger partial charge in [0.05, 0.1) is 5.52 Å². The summed E-state index contributed by atoms with van der Waals surface area (Å²) in [5, 5.41) is 3.70. The maximum atomic E-state index is 12.4. The second-order valence-electron chi connectivity index (χ2n) is 4.90. The number of fused-ring (bicyclic) bond motifs is 1. The van der Waals surface area contributed by atoms with Gasteiger partial charge in [0, 0.05) is 28.5 Å². The predicted molar refractivity (Wildman–Crippen MR) is 85.3 cm³/mol. The smallest absolute Gasteiger partial charge is 0.256 e. The van der Waals surface area contributed by atoms with Gasteiger partial charge in [0.25, 0.3) is 5.91 Å². The third kappa shape index (κ3) is 2.56. The van der Waals surface area contributed by atoms with Crippen LogP contribution >= 0.6 is 0 Å². The van der Waals surface area contributed by atoms with Gasteiger partial charge in [0.15, 0.2) is 0 Å². The average molecular weight is 277 g/mol. The lowest BCUT2D eigenvalue weighted by atomic mass is 10.1. The van der Waals surface area contributed by atoms with Gasteiger partial charge >= 0.3 is 0 Å². The zero-order valence-corrected chi connectivity index (χ0v) is 11.6. The van der Waals surface area contributed by atoms with Crippen molar-refractivity contribution in [3.63, 3.8) is 0 Å². The number of nitrogens with zero attached hydrogens (tertiary/aromatic N) is 1. The summed E-state index contributed by atoms with van der Waals surface area (Å²) in [5.74, 6) is -0.170. The standard InChI is InChI=1S/C17H15N3O/c1-11-7-8-12(10-15(11)18)20-17(21)14-4-2-6-16-13(14)5-3-9-19-16/h2-10H,18H2,1H3,(H,20,21). The lowest BCUT2D eigenvalue weighted by Gasteiger charge is -2.09. The highest BCUT2D eigenvalue weighted by Crippen LogP contribution is 2.20. The summed E-state index contributed by atoms with van der Waals surface area (Å²) >= 11 is 0. The van der Waals surface area contributed by atoms with Crippen molar-refractivity contribution in [3.05, 3.63) is 65.9 Å². The summed E-state index contributed by atoms with van der Waals surface area (Å²) < 4.78 is 0. The third-order valence-electron chi connectivity index (χ3n) is 3.43. The van der Waals surface area contributed by atoms with Gasteiger partial charge in [0.1, 0.15) is 0 Å². The molecule has 21 heavy (non-hydrogen) atoms. The van der Waals surface area contributed by atoms with Crippen molar-refractivity contribution >= 4 is 28.2 Å². The van der Waals surface area contributed by atoms with Crippen molar-refractivity contribution in [1.82, 2.24) is 4.98 Å². The molecule has 0 aliphatic carbocycles. The number of benzene rings is 2. The molecule has 0 saturated carbocycles. The van der Waals surface area contributed by atoms with Crippen LogP contribution in [0.5, 0.6) is 0 Å². The van der Waals surface area contributed by atoms with Crippen LogP contribution in [0.25, 0.3) is 10.9 Å². The van der Waals surface area contributed by atoms with E-state index in [1.54, 1.807) is 18.3 Å². The number of amides is 1. The number of hydrogen-bond acceptors (Lipinski definition) is 3. The van der Waals surface area contributed by atoms with Crippen LogP contribution in [0.2, 0.25) is 0 Å². The molecule has 3 rings (SSSR count). The minimum atomic E-state index is -0.170. The van der Waals surface area contributed by atoms with Crippen molar-refractivity contribution in [1.29, 1.82) is 0 Å². The summed E-state index contributed by atoms with van der Waals surface area (Å²) in [4.78, 5) is 16.7. The molecule has 2 aromatic carbocycles. The molecule has 0 spiro atoms. The van der Waals surface area contributed by atoms with Gasteiger partial charge in [-0.25, -0.2) is 0 Å². The number of rotatable bonds is 2. The fourth-order valence-electron chi connectivity index (χ4n) is 2.22. The van der Waals surface area contributed by atoms with Crippen LogP contribution < -0.4 is 11.1 Å². The van der Waals surface area contributed by atoms with E-state index in [0.29, 0.717) is 16.9 Å². The largest absolute Gasteiger partial charge is 0.398 e. The fraction of sp³-hybridized carbons (Fsp3) is 0.0588. The van der Waals surface area contributed by atoms with Crippen LogP contribution in [0.1, 0.15) is 15.9 Å². The van der Waals surface area contributed by atoms with Gasteiger partial charge in [-0.2, -0.15) is 0 Å². The van der Waals surface area contributed by atoms with Gasteiger partial charge in [-0.1, -0.05) is 18.2 Å².